The topological polar surface area (TPSA) is 80.5 Å². The molecule has 1 aliphatic heterocycles. The fourth-order valence-electron chi connectivity index (χ4n) is 5.08. The van der Waals surface area contributed by atoms with E-state index in [1.165, 1.54) is 12.1 Å². The van der Waals surface area contributed by atoms with Gasteiger partial charge in [-0.25, -0.2) is 14.2 Å². The van der Waals surface area contributed by atoms with E-state index in [9.17, 15) is 14.3 Å². The van der Waals surface area contributed by atoms with Crippen molar-refractivity contribution in [1.82, 2.24) is 19.3 Å². The molecule has 0 bridgehead atoms. The van der Waals surface area contributed by atoms with Gasteiger partial charge in [-0.2, -0.15) is 5.10 Å². The first-order valence-corrected chi connectivity index (χ1v) is 12.5. The van der Waals surface area contributed by atoms with Gasteiger partial charge < -0.3 is 10.0 Å². The SMILES string of the molecule is [C-]#[N+]c1ccc(-c2nc(N3CCC(CC)CC3)n(C)c(=O)c2-c2ccc3nn(CCO)cc3c2)cc1F. The van der Waals surface area contributed by atoms with Crippen LogP contribution in [0.3, 0.4) is 0 Å². The third-order valence-corrected chi connectivity index (χ3v) is 7.25. The predicted molar refractivity (Wildman–Crippen MR) is 142 cm³/mol. The lowest BCUT2D eigenvalue weighted by Gasteiger charge is -2.33. The second-order valence-corrected chi connectivity index (χ2v) is 9.51. The van der Waals surface area contributed by atoms with Gasteiger partial charge in [0.25, 0.3) is 5.56 Å². The minimum atomic E-state index is -0.646. The normalized spacial score (nSPS) is 14.3. The van der Waals surface area contributed by atoms with Crippen LogP contribution < -0.4 is 10.5 Å². The number of aliphatic hydroxyl groups is 1. The number of halogens is 1. The van der Waals surface area contributed by atoms with E-state index in [0.717, 1.165) is 43.3 Å². The van der Waals surface area contributed by atoms with Crippen LogP contribution in [0.1, 0.15) is 26.2 Å². The number of piperidine rings is 1. The van der Waals surface area contributed by atoms with Crippen LogP contribution in [0.15, 0.2) is 47.4 Å². The quantitative estimate of drug-likeness (QED) is 0.386. The molecule has 0 unspecified atom stereocenters. The third kappa shape index (κ3) is 4.60. The van der Waals surface area contributed by atoms with Crippen LogP contribution in [0.25, 0.3) is 38.1 Å². The van der Waals surface area contributed by atoms with Crippen molar-refractivity contribution in [2.24, 2.45) is 13.0 Å². The number of benzene rings is 2. The molecule has 0 atom stereocenters. The summed E-state index contributed by atoms with van der Waals surface area (Å²) >= 11 is 0. The van der Waals surface area contributed by atoms with E-state index in [1.807, 2.05) is 24.4 Å². The van der Waals surface area contributed by atoms with Crippen LogP contribution in [-0.4, -0.2) is 44.1 Å². The van der Waals surface area contributed by atoms with Crippen LogP contribution in [0.4, 0.5) is 16.0 Å². The monoisotopic (exact) mass is 500 g/mol. The second-order valence-electron chi connectivity index (χ2n) is 9.51. The zero-order valence-electron chi connectivity index (χ0n) is 21.0. The summed E-state index contributed by atoms with van der Waals surface area (Å²) in [6.45, 7) is 11.3. The molecule has 2 aromatic heterocycles. The van der Waals surface area contributed by atoms with Gasteiger partial charge in [0.1, 0.15) is 5.82 Å². The maximum atomic E-state index is 14.7. The number of hydrogen-bond acceptors (Lipinski definition) is 5. The molecule has 1 aliphatic rings. The zero-order chi connectivity index (χ0) is 26.1. The molecule has 9 heteroatoms. The standard InChI is InChI=1S/C28H29FN6O2/c1-4-18-9-11-34(12-10-18)28-31-26(20-6-8-24(30-2)22(29)16-20)25(27(37)33(28)3)19-5-7-23-21(15-19)17-35(32-23)13-14-36/h5-8,15-18,36H,4,9-14H2,1,3H3. The molecule has 0 radical (unpaired) electrons. The molecular weight excluding hydrogens is 471 g/mol. The molecule has 1 fully saturated rings. The number of nitrogens with zero attached hydrogens (tertiary/aromatic N) is 6. The van der Waals surface area contributed by atoms with Crippen molar-refractivity contribution >= 4 is 22.5 Å². The van der Waals surface area contributed by atoms with Crippen LogP contribution in [0.5, 0.6) is 0 Å². The fourth-order valence-corrected chi connectivity index (χ4v) is 5.08. The third-order valence-electron chi connectivity index (χ3n) is 7.25. The molecule has 4 aromatic rings. The van der Waals surface area contributed by atoms with Crippen molar-refractivity contribution in [3.8, 4) is 22.4 Å². The molecule has 0 aliphatic carbocycles. The molecule has 8 nitrogen and oxygen atoms in total. The van der Waals surface area contributed by atoms with Gasteiger partial charge in [-0.1, -0.05) is 31.5 Å². The van der Waals surface area contributed by atoms with Gasteiger partial charge in [0.15, 0.2) is 0 Å². The number of fused-ring (bicyclic) bond motifs is 1. The molecule has 1 saturated heterocycles. The smallest absolute Gasteiger partial charge is 0.263 e. The van der Waals surface area contributed by atoms with Crippen molar-refractivity contribution in [3.05, 3.63) is 70.2 Å². The second kappa shape index (κ2) is 10.1. The molecular formula is C28H29FN6O2. The van der Waals surface area contributed by atoms with E-state index in [0.29, 0.717) is 40.8 Å². The number of anilines is 1. The van der Waals surface area contributed by atoms with Gasteiger partial charge in [0.05, 0.1) is 36.5 Å². The Morgan fingerprint density at radius 1 is 1.16 bits per heavy atom. The summed E-state index contributed by atoms with van der Waals surface area (Å²) < 4.78 is 17.9. The van der Waals surface area contributed by atoms with Crippen LogP contribution in [0.2, 0.25) is 0 Å². The Kier molecular flexibility index (Phi) is 6.76. The van der Waals surface area contributed by atoms with E-state index in [-0.39, 0.29) is 17.9 Å². The first-order valence-electron chi connectivity index (χ1n) is 12.5. The van der Waals surface area contributed by atoms with Crippen LogP contribution >= 0.6 is 0 Å². The molecule has 2 aromatic carbocycles. The Morgan fingerprint density at radius 2 is 1.92 bits per heavy atom. The van der Waals surface area contributed by atoms with Gasteiger partial charge in [0, 0.05) is 37.3 Å². The summed E-state index contributed by atoms with van der Waals surface area (Å²) in [6.07, 6.45) is 5.02. The fraction of sp³-hybridized carbons (Fsp3) is 0.357. The Balaban J connectivity index is 1.69. The Morgan fingerprint density at radius 3 is 2.59 bits per heavy atom. The molecule has 0 amide bonds. The summed E-state index contributed by atoms with van der Waals surface area (Å²) in [4.78, 5) is 24.2. The maximum absolute atomic E-state index is 14.7. The molecule has 3 heterocycles. The lowest BCUT2D eigenvalue weighted by atomic mass is 9.94. The largest absolute Gasteiger partial charge is 0.394 e. The molecule has 190 valence electrons. The zero-order valence-corrected chi connectivity index (χ0v) is 21.0. The van der Waals surface area contributed by atoms with Crippen LogP contribution in [-0.2, 0) is 13.6 Å². The molecule has 0 spiro atoms. The van der Waals surface area contributed by atoms with Gasteiger partial charge >= 0.3 is 0 Å². The van der Waals surface area contributed by atoms with Gasteiger partial charge in [0.2, 0.25) is 11.6 Å². The minimum Gasteiger partial charge on any atom is -0.394 e. The Labute approximate surface area is 214 Å². The van der Waals surface area contributed by atoms with Crippen molar-refractivity contribution in [1.29, 1.82) is 0 Å². The predicted octanol–water partition coefficient (Wildman–Crippen LogP) is 4.77. The summed E-state index contributed by atoms with van der Waals surface area (Å²) in [5.74, 6) is 0.581. The first-order chi connectivity index (χ1) is 17.9. The molecule has 5 rings (SSSR count). The highest BCUT2D eigenvalue weighted by atomic mass is 19.1. The van der Waals surface area contributed by atoms with E-state index < -0.39 is 5.82 Å². The lowest BCUT2D eigenvalue weighted by Crippen LogP contribution is -2.38. The van der Waals surface area contributed by atoms with E-state index >= 15 is 0 Å². The number of aliphatic hydroxyl groups excluding tert-OH is 1. The number of hydrogen-bond donors (Lipinski definition) is 1. The lowest BCUT2D eigenvalue weighted by molar-refractivity contribution is 0.270. The van der Waals surface area contributed by atoms with Crippen molar-refractivity contribution in [3.63, 3.8) is 0 Å². The summed E-state index contributed by atoms with van der Waals surface area (Å²) in [7, 11) is 1.73. The molecule has 0 saturated carbocycles. The maximum Gasteiger partial charge on any atom is 0.263 e. The van der Waals surface area contributed by atoms with Gasteiger partial charge in [-0.3, -0.25) is 14.0 Å². The highest BCUT2D eigenvalue weighted by molar-refractivity contribution is 5.88. The summed E-state index contributed by atoms with van der Waals surface area (Å²) in [6, 6.07) is 9.87. The van der Waals surface area contributed by atoms with Crippen LogP contribution in [0, 0.1) is 18.3 Å². The molecule has 1 N–H and O–H groups in total. The van der Waals surface area contributed by atoms with Crippen molar-refractivity contribution in [2.45, 2.75) is 32.7 Å². The average molecular weight is 501 g/mol. The Bertz CT molecular complexity index is 1560. The number of rotatable bonds is 6. The number of aromatic nitrogens is 4. The Hall–Kier alpha value is -4.03. The van der Waals surface area contributed by atoms with Gasteiger partial charge in [-0.15, -0.1) is 0 Å². The minimum absolute atomic E-state index is 0.0292. The average Bonchev–Trinajstić information content (AvgIpc) is 3.32. The molecule has 37 heavy (non-hydrogen) atoms. The highest BCUT2D eigenvalue weighted by Crippen LogP contribution is 2.34. The first kappa shape index (κ1) is 24.7. The van der Waals surface area contributed by atoms with Crippen molar-refractivity contribution < 1.29 is 9.50 Å². The summed E-state index contributed by atoms with van der Waals surface area (Å²) in [5, 5.41) is 14.5. The highest BCUT2D eigenvalue weighted by Gasteiger charge is 2.25. The summed E-state index contributed by atoms with van der Waals surface area (Å²) in [5.41, 5.74) is 2.27. The van der Waals surface area contributed by atoms with E-state index in [2.05, 4.69) is 21.8 Å². The van der Waals surface area contributed by atoms with E-state index in [4.69, 9.17) is 11.6 Å². The van der Waals surface area contributed by atoms with Gasteiger partial charge in [-0.05, 0) is 42.5 Å². The van der Waals surface area contributed by atoms with Crippen molar-refractivity contribution in [2.75, 3.05) is 24.6 Å². The van der Waals surface area contributed by atoms with E-state index in [1.54, 1.807) is 22.4 Å².